The Bertz CT molecular complexity index is 490. The van der Waals surface area contributed by atoms with Crippen molar-refractivity contribution in [1.29, 1.82) is 0 Å². The highest BCUT2D eigenvalue weighted by atomic mass is 16.3. The summed E-state index contributed by atoms with van der Waals surface area (Å²) >= 11 is 0. The fraction of sp³-hybridized carbons (Fsp3) is 0.125. The lowest BCUT2D eigenvalue weighted by atomic mass is 10.0. The monoisotopic (exact) mass is 239 g/mol. The first-order chi connectivity index (χ1) is 8.79. The lowest BCUT2D eigenvalue weighted by Gasteiger charge is -2.19. The van der Waals surface area contributed by atoms with Crippen molar-refractivity contribution in [2.75, 3.05) is 5.32 Å². The number of phenols is 1. The molecule has 2 N–H and O–H groups in total. The van der Waals surface area contributed by atoms with Crippen molar-refractivity contribution in [3.8, 4) is 5.75 Å². The van der Waals surface area contributed by atoms with Crippen LogP contribution in [0, 0.1) is 0 Å². The van der Waals surface area contributed by atoms with E-state index in [2.05, 4.69) is 24.0 Å². The molecule has 0 bridgehead atoms. The number of anilines is 1. The molecule has 1 atom stereocenters. The molecule has 92 valence electrons. The predicted octanol–water partition coefficient (Wildman–Crippen LogP) is 4.12. The number of nitrogens with one attached hydrogen (secondary N) is 1. The maximum atomic E-state index is 9.27. The maximum absolute atomic E-state index is 9.27. The molecular formula is C16H17NO. The molecule has 0 aliphatic heterocycles. The zero-order valence-corrected chi connectivity index (χ0v) is 10.2. The molecule has 0 amide bonds. The molecule has 0 aliphatic rings. The Morgan fingerprint density at radius 2 is 1.72 bits per heavy atom. The second-order valence-corrected chi connectivity index (χ2v) is 4.18. The summed E-state index contributed by atoms with van der Waals surface area (Å²) in [7, 11) is 0. The van der Waals surface area contributed by atoms with Gasteiger partial charge in [-0.1, -0.05) is 36.4 Å². The van der Waals surface area contributed by atoms with Crippen molar-refractivity contribution in [2.24, 2.45) is 0 Å². The molecular weight excluding hydrogens is 222 g/mol. The van der Waals surface area contributed by atoms with E-state index in [0.717, 1.165) is 12.1 Å². The first-order valence-electron chi connectivity index (χ1n) is 6.01. The Balaban J connectivity index is 2.16. The minimum Gasteiger partial charge on any atom is -0.508 e. The van der Waals surface area contributed by atoms with E-state index in [1.807, 2.05) is 36.4 Å². The average Bonchev–Trinajstić information content (AvgIpc) is 2.42. The Morgan fingerprint density at radius 1 is 1.06 bits per heavy atom. The molecule has 0 aromatic heterocycles. The minimum atomic E-state index is 0.202. The first-order valence-corrected chi connectivity index (χ1v) is 6.01. The van der Waals surface area contributed by atoms with Gasteiger partial charge in [-0.25, -0.2) is 0 Å². The van der Waals surface area contributed by atoms with Gasteiger partial charge in [-0.15, -0.1) is 6.58 Å². The van der Waals surface area contributed by atoms with E-state index in [-0.39, 0.29) is 11.8 Å². The molecule has 0 aliphatic carbocycles. The molecule has 2 rings (SSSR count). The van der Waals surface area contributed by atoms with E-state index in [4.69, 9.17) is 0 Å². The van der Waals surface area contributed by atoms with Crippen molar-refractivity contribution >= 4 is 5.69 Å². The number of aromatic hydroxyl groups is 1. The van der Waals surface area contributed by atoms with E-state index >= 15 is 0 Å². The molecule has 0 fully saturated rings. The topological polar surface area (TPSA) is 32.3 Å². The molecule has 0 radical (unpaired) electrons. The second kappa shape index (κ2) is 5.92. The average molecular weight is 239 g/mol. The number of benzene rings is 2. The molecule has 18 heavy (non-hydrogen) atoms. The van der Waals surface area contributed by atoms with E-state index < -0.39 is 0 Å². The molecule has 2 aromatic carbocycles. The van der Waals surface area contributed by atoms with Gasteiger partial charge in [0.15, 0.2) is 0 Å². The normalized spacial score (nSPS) is 11.8. The van der Waals surface area contributed by atoms with E-state index in [0.29, 0.717) is 0 Å². The summed E-state index contributed by atoms with van der Waals surface area (Å²) in [6.45, 7) is 3.80. The van der Waals surface area contributed by atoms with Gasteiger partial charge in [0.05, 0.1) is 6.04 Å². The molecule has 2 heteroatoms. The van der Waals surface area contributed by atoms with Crippen LogP contribution in [0.3, 0.4) is 0 Å². The number of phenolic OH excluding ortho intramolecular Hbond substituents is 1. The Labute approximate surface area is 108 Å². The van der Waals surface area contributed by atoms with Gasteiger partial charge in [-0.3, -0.25) is 0 Å². The van der Waals surface area contributed by atoms with Gasteiger partial charge >= 0.3 is 0 Å². The van der Waals surface area contributed by atoms with Crippen LogP contribution in [0.15, 0.2) is 67.3 Å². The summed E-state index contributed by atoms with van der Waals surface area (Å²) in [6, 6.07) is 17.6. The molecule has 0 spiro atoms. The largest absolute Gasteiger partial charge is 0.508 e. The highest BCUT2D eigenvalue weighted by molar-refractivity contribution is 5.48. The molecule has 0 saturated carbocycles. The smallest absolute Gasteiger partial charge is 0.115 e. The number of hydrogen-bond acceptors (Lipinski definition) is 2. The standard InChI is InChI=1S/C16H17NO/c1-2-6-16(13-7-4-3-5-8-13)17-14-9-11-15(18)12-10-14/h2-5,7-12,16-18H,1,6H2. The summed E-state index contributed by atoms with van der Waals surface area (Å²) in [5, 5.41) is 12.7. The van der Waals surface area contributed by atoms with Crippen LogP contribution in [0.1, 0.15) is 18.0 Å². The van der Waals surface area contributed by atoms with Gasteiger partial charge < -0.3 is 10.4 Å². The SMILES string of the molecule is C=CCC(Nc1ccc(O)cc1)c1ccccc1. The van der Waals surface area contributed by atoms with Crippen LogP contribution in [0.2, 0.25) is 0 Å². The van der Waals surface area contributed by atoms with Gasteiger partial charge in [0.1, 0.15) is 5.75 Å². The highest BCUT2D eigenvalue weighted by Crippen LogP contribution is 2.24. The van der Waals surface area contributed by atoms with Gasteiger partial charge in [-0.05, 0) is 36.2 Å². The van der Waals surface area contributed by atoms with Crippen LogP contribution in [0.4, 0.5) is 5.69 Å². The number of hydrogen-bond donors (Lipinski definition) is 2. The van der Waals surface area contributed by atoms with Crippen molar-refractivity contribution in [3.63, 3.8) is 0 Å². The molecule has 2 nitrogen and oxygen atoms in total. The molecule has 0 heterocycles. The molecule has 2 aromatic rings. The van der Waals surface area contributed by atoms with Crippen molar-refractivity contribution < 1.29 is 5.11 Å². The molecule has 1 unspecified atom stereocenters. The Morgan fingerprint density at radius 3 is 2.33 bits per heavy atom. The zero-order valence-electron chi connectivity index (χ0n) is 10.2. The van der Waals surface area contributed by atoms with Crippen LogP contribution in [0.5, 0.6) is 5.75 Å². The van der Waals surface area contributed by atoms with Gasteiger partial charge in [0.25, 0.3) is 0 Å². The second-order valence-electron chi connectivity index (χ2n) is 4.18. The highest BCUT2D eigenvalue weighted by Gasteiger charge is 2.08. The van der Waals surface area contributed by atoms with Crippen molar-refractivity contribution in [1.82, 2.24) is 0 Å². The third kappa shape index (κ3) is 3.14. The lowest BCUT2D eigenvalue weighted by molar-refractivity contribution is 0.475. The van der Waals surface area contributed by atoms with Crippen LogP contribution < -0.4 is 5.32 Å². The van der Waals surface area contributed by atoms with Crippen LogP contribution in [-0.2, 0) is 0 Å². The first kappa shape index (κ1) is 12.2. The maximum Gasteiger partial charge on any atom is 0.115 e. The quantitative estimate of drug-likeness (QED) is 0.607. The van der Waals surface area contributed by atoms with E-state index in [1.54, 1.807) is 12.1 Å². The van der Waals surface area contributed by atoms with Crippen molar-refractivity contribution in [2.45, 2.75) is 12.5 Å². The summed E-state index contributed by atoms with van der Waals surface area (Å²) in [4.78, 5) is 0. The third-order valence-electron chi connectivity index (χ3n) is 2.81. The fourth-order valence-electron chi connectivity index (χ4n) is 1.89. The minimum absolute atomic E-state index is 0.202. The Hall–Kier alpha value is -2.22. The summed E-state index contributed by atoms with van der Waals surface area (Å²) < 4.78 is 0. The summed E-state index contributed by atoms with van der Waals surface area (Å²) in [5.41, 5.74) is 2.22. The summed E-state index contributed by atoms with van der Waals surface area (Å²) in [6.07, 6.45) is 2.76. The van der Waals surface area contributed by atoms with E-state index in [9.17, 15) is 5.11 Å². The van der Waals surface area contributed by atoms with Crippen LogP contribution >= 0.6 is 0 Å². The lowest BCUT2D eigenvalue weighted by Crippen LogP contribution is -2.09. The third-order valence-corrected chi connectivity index (χ3v) is 2.81. The number of rotatable bonds is 5. The zero-order chi connectivity index (χ0) is 12.8. The Kier molecular flexibility index (Phi) is 4.02. The van der Waals surface area contributed by atoms with E-state index in [1.165, 1.54) is 5.56 Å². The summed E-state index contributed by atoms with van der Waals surface area (Å²) in [5.74, 6) is 0.278. The van der Waals surface area contributed by atoms with Crippen LogP contribution in [0.25, 0.3) is 0 Å². The predicted molar refractivity (Wildman–Crippen MR) is 75.7 cm³/mol. The fourth-order valence-corrected chi connectivity index (χ4v) is 1.89. The van der Waals surface area contributed by atoms with Gasteiger partial charge in [-0.2, -0.15) is 0 Å². The van der Waals surface area contributed by atoms with Gasteiger partial charge in [0.2, 0.25) is 0 Å². The van der Waals surface area contributed by atoms with Crippen molar-refractivity contribution in [3.05, 3.63) is 72.8 Å². The van der Waals surface area contributed by atoms with Gasteiger partial charge in [0, 0.05) is 5.69 Å². The molecule has 0 saturated heterocycles. The van der Waals surface area contributed by atoms with Crippen LogP contribution in [-0.4, -0.2) is 5.11 Å².